The van der Waals surface area contributed by atoms with E-state index in [-0.39, 0.29) is 0 Å². The number of aryl methyl sites for hydroxylation is 1. The van der Waals surface area contributed by atoms with Gasteiger partial charge in [-0.2, -0.15) is 0 Å². The second-order valence-electron chi connectivity index (χ2n) is 13.5. The summed E-state index contributed by atoms with van der Waals surface area (Å²) in [6, 6.07) is 22.6. The molecule has 3 unspecified atom stereocenters. The molecule has 3 atom stereocenters. The highest BCUT2D eigenvalue weighted by molar-refractivity contribution is 5.86. The molecule has 3 aromatic rings. The lowest BCUT2D eigenvalue weighted by molar-refractivity contribution is 0.663. The Kier molecular flexibility index (Phi) is 7.34. The van der Waals surface area contributed by atoms with Crippen LogP contribution in [-0.2, 0) is 6.42 Å². The topological polar surface area (TPSA) is 12.9 Å². The van der Waals surface area contributed by atoms with E-state index in [0.29, 0.717) is 23.7 Å². The fourth-order valence-electron chi connectivity index (χ4n) is 8.13. The minimum atomic E-state index is 0.353. The molecule has 2 aromatic carbocycles. The molecule has 0 amide bonds. The Labute approximate surface area is 267 Å². The van der Waals surface area contributed by atoms with Crippen molar-refractivity contribution in [2.75, 3.05) is 0 Å². The lowest BCUT2D eigenvalue weighted by Crippen LogP contribution is -2.40. The van der Waals surface area contributed by atoms with Crippen molar-refractivity contribution >= 4 is 22.8 Å². The minimum absolute atomic E-state index is 0.353. The van der Waals surface area contributed by atoms with E-state index in [1.807, 2.05) is 12.3 Å². The summed E-state index contributed by atoms with van der Waals surface area (Å²) < 4.78 is 0. The molecule has 0 spiro atoms. The lowest BCUT2D eigenvalue weighted by Gasteiger charge is -2.36. The number of benzene rings is 2. The Morgan fingerprint density at radius 1 is 0.733 bits per heavy atom. The molecule has 0 bridgehead atoms. The molecular formula is C44H41N. The molecule has 1 nitrogen and oxygen atoms in total. The van der Waals surface area contributed by atoms with Crippen molar-refractivity contribution in [1.29, 1.82) is 0 Å². The molecule has 0 radical (unpaired) electrons. The third-order valence-electron chi connectivity index (χ3n) is 10.6. The molecule has 8 rings (SSSR count). The maximum Gasteiger partial charge on any atom is 0.0475 e. The van der Waals surface area contributed by atoms with E-state index in [4.69, 9.17) is 0 Å². The molecule has 0 aliphatic heterocycles. The van der Waals surface area contributed by atoms with Gasteiger partial charge in [0.05, 0.1) is 0 Å². The van der Waals surface area contributed by atoms with Gasteiger partial charge in [0.25, 0.3) is 0 Å². The van der Waals surface area contributed by atoms with Crippen LogP contribution in [0, 0.1) is 17.8 Å². The number of nitrogens with zero attached hydrogens (tertiary/aromatic N) is 1. The molecule has 5 aliphatic rings. The van der Waals surface area contributed by atoms with E-state index in [9.17, 15) is 0 Å². The minimum Gasteiger partial charge on any atom is -0.261 e. The zero-order valence-corrected chi connectivity index (χ0v) is 26.4. The van der Waals surface area contributed by atoms with Crippen LogP contribution >= 0.6 is 0 Å². The maximum absolute atomic E-state index is 4.59. The number of fused-ring (bicyclic) bond motifs is 3. The van der Waals surface area contributed by atoms with Gasteiger partial charge in [-0.1, -0.05) is 123 Å². The van der Waals surface area contributed by atoms with Gasteiger partial charge in [-0.05, 0) is 111 Å². The summed E-state index contributed by atoms with van der Waals surface area (Å²) in [4.78, 5) is 4.59. The Morgan fingerprint density at radius 2 is 1.49 bits per heavy atom. The molecule has 1 heteroatoms. The molecule has 45 heavy (non-hydrogen) atoms. The molecule has 1 heterocycles. The third kappa shape index (κ3) is 5.19. The van der Waals surface area contributed by atoms with Crippen LogP contribution in [-0.4, -0.2) is 4.98 Å². The van der Waals surface area contributed by atoms with Gasteiger partial charge in [-0.3, -0.25) is 4.98 Å². The fourth-order valence-corrected chi connectivity index (χ4v) is 8.13. The predicted molar refractivity (Wildman–Crippen MR) is 189 cm³/mol. The lowest BCUT2D eigenvalue weighted by atomic mass is 9.67. The van der Waals surface area contributed by atoms with Gasteiger partial charge in [-0.25, -0.2) is 0 Å². The zero-order valence-electron chi connectivity index (χ0n) is 26.4. The predicted octanol–water partition coefficient (Wildman–Crippen LogP) is 9.21. The summed E-state index contributed by atoms with van der Waals surface area (Å²) in [5.41, 5.74) is 14.3. The molecule has 1 aromatic heterocycles. The van der Waals surface area contributed by atoms with E-state index >= 15 is 0 Å². The van der Waals surface area contributed by atoms with Crippen LogP contribution in [0.3, 0.4) is 0 Å². The van der Waals surface area contributed by atoms with Crippen LogP contribution in [0.1, 0.15) is 67.8 Å². The van der Waals surface area contributed by atoms with Gasteiger partial charge in [0.15, 0.2) is 0 Å². The van der Waals surface area contributed by atoms with E-state index in [2.05, 4.69) is 134 Å². The van der Waals surface area contributed by atoms with Crippen LogP contribution in [0.5, 0.6) is 0 Å². The van der Waals surface area contributed by atoms with E-state index < -0.39 is 0 Å². The average molecular weight is 584 g/mol. The summed E-state index contributed by atoms with van der Waals surface area (Å²) in [5, 5.41) is 2.86. The first-order chi connectivity index (χ1) is 22.1. The summed E-state index contributed by atoms with van der Waals surface area (Å²) in [6.45, 7) is 4.64. The number of allylic oxidation sites excluding steroid dienone is 13. The smallest absolute Gasteiger partial charge is 0.0475 e. The molecule has 0 N–H and O–H groups in total. The van der Waals surface area contributed by atoms with Crippen LogP contribution < -0.4 is 10.4 Å². The summed E-state index contributed by atoms with van der Waals surface area (Å²) in [6.07, 6.45) is 31.2. The quantitative estimate of drug-likeness (QED) is 0.292. The van der Waals surface area contributed by atoms with Gasteiger partial charge >= 0.3 is 0 Å². The molecule has 222 valence electrons. The van der Waals surface area contributed by atoms with Crippen LogP contribution in [0.4, 0.5) is 0 Å². The van der Waals surface area contributed by atoms with Gasteiger partial charge in [0, 0.05) is 29.6 Å². The first-order valence-corrected chi connectivity index (χ1v) is 16.9. The van der Waals surface area contributed by atoms with Crippen molar-refractivity contribution in [3.8, 4) is 0 Å². The Bertz CT molecular complexity index is 2000. The normalized spacial score (nSPS) is 23.5. The van der Waals surface area contributed by atoms with Crippen LogP contribution in [0.15, 0.2) is 138 Å². The summed E-state index contributed by atoms with van der Waals surface area (Å²) >= 11 is 0. The number of rotatable bonds is 5. The van der Waals surface area contributed by atoms with Crippen molar-refractivity contribution in [3.63, 3.8) is 0 Å². The fraction of sp³-hybridized carbons (Fsp3) is 0.250. The molecular weight excluding hydrogens is 542 g/mol. The number of aromatic nitrogens is 1. The van der Waals surface area contributed by atoms with Crippen LogP contribution in [0.25, 0.3) is 22.8 Å². The van der Waals surface area contributed by atoms with Gasteiger partial charge < -0.3 is 0 Å². The van der Waals surface area contributed by atoms with Crippen molar-refractivity contribution in [3.05, 3.63) is 171 Å². The molecule has 0 saturated heterocycles. The number of hydrogen-bond donors (Lipinski definition) is 0. The van der Waals surface area contributed by atoms with Gasteiger partial charge in [-0.15, -0.1) is 0 Å². The number of hydrogen-bond acceptors (Lipinski definition) is 1. The van der Waals surface area contributed by atoms with Crippen LogP contribution in [0.2, 0.25) is 0 Å². The first-order valence-electron chi connectivity index (χ1n) is 16.9. The monoisotopic (exact) mass is 583 g/mol. The molecule has 5 aliphatic carbocycles. The Balaban J connectivity index is 1.20. The second-order valence-corrected chi connectivity index (χ2v) is 13.5. The molecule has 0 saturated carbocycles. The highest BCUT2D eigenvalue weighted by Gasteiger charge is 2.34. The molecule has 0 fully saturated rings. The van der Waals surface area contributed by atoms with Crippen molar-refractivity contribution in [2.45, 2.75) is 51.9 Å². The maximum atomic E-state index is 4.59. The summed E-state index contributed by atoms with van der Waals surface area (Å²) in [7, 11) is 0. The highest BCUT2D eigenvalue weighted by atomic mass is 14.7. The standard InChI is InChI=1S/C44H41N/c1-29(2)30-14-22-34(23-15-30)43-38-9-3-5-11-40(38)44(41-12-6-4-10-39(41)43)36-25-19-32-18-24-35(27-37(32)28-36)31-16-20-33(21-17-31)42-13-7-8-26-45-42/h3-14,16-18,20,22,24,26-29,33,38,40H,15,19,21,23,25H2,1-2H3. The van der Waals surface area contributed by atoms with E-state index in [0.717, 1.165) is 31.4 Å². The third-order valence-corrected chi connectivity index (χ3v) is 10.6. The second kappa shape index (κ2) is 11.8. The largest absolute Gasteiger partial charge is 0.261 e. The van der Waals surface area contributed by atoms with E-state index in [1.165, 1.54) is 61.4 Å². The Hall–Kier alpha value is -4.49. The first kappa shape index (κ1) is 28.0. The highest BCUT2D eigenvalue weighted by Crippen LogP contribution is 2.45. The van der Waals surface area contributed by atoms with Crippen molar-refractivity contribution in [2.24, 2.45) is 17.8 Å². The average Bonchev–Trinajstić information content (AvgIpc) is 3.10. The van der Waals surface area contributed by atoms with Gasteiger partial charge in [0.2, 0.25) is 0 Å². The Morgan fingerprint density at radius 3 is 2.16 bits per heavy atom. The number of pyridine rings is 1. The van der Waals surface area contributed by atoms with Crippen molar-refractivity contribution < 1.29 is 0 Å². The summed E-state index contributed by atoms with van der Waals surface area (Å²) in [5.74, 6) is 1.71. The zero-order chi connectivity index (χ0) is 30.3. The van der Waals surface area contributed by atoms with E-state index in [1.54, 1.807) is 5.57 Å². The van der Waals surface area contributed by atoms with Crippen molar-refractivity contribution in [1.82, 2.24) is 4.98 Å². The van der Waals surface area contributed by atoms with Gasteiger partial charge in [0.1, 0.15) is 0 Å². The SMILES string of the molecule is CC(C)C1=CC=C(C2=c3ccccc3=C(C3=Cc4cc(C5=CCC(c6ccccn6)C=C5)ccc4CC3)C3C=CC=CC23)CC1.